The Labute approximate surface area is 152 Å². The van der Waals surface area contributed by atoms with Crippen molar-refractivity contribution in [3.8, 4) is 23.0 Å². The molecule has 0 atom stereocenters. The average Bonchev–Trinajstić information content (AvgIpc) is 3.30. The van der Waals surface area contributed by atoms with Crippen molar-refractivity contribution in [3.05, 3.63) is 35.0 Å². The van der Waals surface area contributed by atoms with E-state index in [9.17, 15) is 8.78 Å². The molecular weight excluding hydrogens is 366 g/mol. The average molecular weight is 381 g/mol. The molecule has 0 radical (unpaired) electrons. The Morgan fingerprint density at radius 1 is 1.19 bits per heavy atom. The molecule has 3 heterocycles. The van der Waals surface area contributed by atoms with E-state index < -0.39 is 6.43 Å². The number of nitrogens with zero attached hydrogens (tertiary/aromatic N) is 5. The van der Waals surface area contributed by atoms with E-state index in [2.05, 4.69) is 25.8 Å². The Kier molecular flexibility index (Phi) is 4.64. The van der Waals surface area contributed by atoms with E-state index in [0.717, 1.165) is 13.1 Å². The van der Waals surface area contributed by atoms with E-state index in [1.165, 1.54) is 4.68 Å². The lowest BCUT2D eigenvalue weighted by Gasteiger charge is -2.23. The minimum atomic E-state index is -2.75. The smallest absolute Gasteiger partial charge is 0.282 e. The van der Waals surface area contributed by atoms with E-state index >= 15 is 0 Å². The van der Waals surface area contributed by atoms with Crippen LogP contribution in [0.25, 0.3) is 23.0 Å². The Balaban J connectivity index is 1.69. The van der Waals surface area contributed by atoms with E-state index in [1.54, 1.807) is 24.3 Å². The standard InChI is InChI=1S/C16H15ClF2N6O/c17-10-3-1-9(2-4-10)15-21-16(26-23-15)12-13(14(18)19)25(24-22-12)11-5-7-20-8-6-11/h1-4,11,14,20H,5-8H2. The van der Waals surface area contributed by atoms with E-state index in [4.69, 9.17) is 16.1 Å². The van der Waals surface area contributed by atoms with Gasteiger partial charge in [0, 0.05) is 10.6 Å². The first kappa shape index (κ1) is 17.0. The number of halogens is 3. The maximum absolute atomic E-state index is 13.7. The lowest BCUT2D eigenvalue weighted by molar-refractivity contribution is 0.133. The number of hydrogen-bond acceptors (Lipinski definition) is 6. The molecule has 1 aliphatic heterocycles. The normalized spacial score (nSPS) is 15.7. The number of aromatic nitrogens is 5. The quantitative estimate of drug-likeness (QED) is 0.746. The first-order chi connectivity index (χ1) is 12.6. The highest BCUT2D eigenvalue weighted by Gasteiger charge is 2.30. The van der Waals surface area contributed by atoms with Crippen LogP contribution in [0.3, 0.4) is 0 Å². The lowest BCUT2D eigenvalue weighted by atomic mass is 10.1. The molecule has 0 saturated carbocycles. The first-order valence-corrected chi connectivity index (χ1v) is 8.55. The number of rotatable bonds is 4. The zero-order valence-electron chi connectivity index (χ0n) is 13.6. The molecule has 7 nitrogen and oxygen atoms in total. The van der Waals surface area contributed by atoms with Gasteiger partial charge in [0.2, 0.25) is 5.82 Å². The van der Waals surface area contributed by atoms with Crippen molar-refractivity contribution >= 4 is 11.6 Å². The number of nitrogens with one attached hydrogen (secondary N) is 1. The molecule has 0 amide bonds. The summed E-state index contributed by atoms with van der Waals surface area (Å²) in [6, 6.07) is 6.68. The van der Waals surface area contributed by atoms with Gasteiger partial charge in [-0.2, -0.15) is 4.98 Å². The number of hydrogen-bond donors (Lipinski definition) is 1. The molecule has 1 aromatic carbocycles. The molecule has 136 valence electrons. The van der Waals surface area contributed by atoms with Crippen LogP contribution in [0.5, 0.6) is 0 Å². The Hall–Kier alpha value is -2.39. The van der Waals surface area contributed by atoms with Gasteiger partial charge in [-0.05, 0) is 50.2 Å². The molecular formula is C16H15ClF2N6O. The summed E-state index contributed by atoms with van der Waals surface area (Å²) >= 11 is 5.86. The van der Waals surface area contributed by atoms with Gasteiger partial charge in [-0.1, -0.05) is 22.0 Å². The fourth-order valence-electron chi connectivity index (χ4n) is 3.01. The van der Waals surface area contributed by atoms with Crippen molar-refractivity contribution in [3.63, 3.8) is 0 Å². The number of benzene rings is 1. The molecule has 10 heteroatoms. The Morgan fingerprint density at radius 3 is 2.62 bits per heavy atom. The molecule has 1 N–H and O–H groups in total. The highest BCUT2D eigenvalue weighted by molar-refractivity contribution is 6.30. The van der Waals surface area contributed by atoms with Gasteiger partial charge in [0.1, 0.15) is 5.69 Å². The summed E-state index contributed by atoms with van der Waals surface area (Å²) in [5.74, 6) is 0.193. The third-order valence-corrected chi connectivity index (χ3v) is 4.57. The Bertz CT molecular complexity index is 889. The third-order valence-electron chi connectivity index (χ3n) is 4.32. The first-order valence-electron chi connectivity index (χ1n) is 8.17. The highest BCUT2D eigenvalue weighted by atomic mass is 35.5. The van der Waals surface area contributed by atoms with Crippen LogP contribution in [0.4, 0.5) is 8.78 Å². The topological polar surface area (TPSA) is 81.7 Å². The summed E-state index contributed by atoms with van der Waals surface area (Å²) in [5, 5.41) is 15.5. The molecule has 26 heavy (non-hydrogen) atoms. The van der Waals surface area contributed by atoms with E-state index in [1.807, 2.05) is 0 Å². The van der Waals surface area contributed by atoms with Crippen molar-refractivity contribution in [1.82, 2.24) is 30.5 Å². The SMILES string of the molecule is FC(F)c1c(-c2nc(-c3ccc(Cl)cc3)no2)nnn1C1CCNCC1. The van der Waals surface area contributed by atoms with Gasteiger partial charge in [-0.15, -0.1) is 5.10 Å². The van der Waals surface area contributed by atoms with E-state index in [0.29, 0.717) is 23.4 Å². The van der Waals surface area contributed by atoms with Gasteiger partial charge < -0.3 is 9.84 Å². The van der Waals surface area contributed by atoms with Crippen LogP contribution in [0.15, 0.2) is 28.8 Å². The number of alkyl halides is 2. The van der Waals surface area contributed by atoms with Crippen LogP contribution in [0.1, 0.15) is 31.0 Å². The monoisotopic (exact) mass is 380 g/mol. The maximum Gasteiger partial charge on any atom is 0.282 e. The summed E-state index contributed by atoms with van der Waals surface area (Å²) in [7, 11) is 0. The van der Waals surface area contributed by atoms with Gasteiger partial charge in [0.15, 0.2) is 5.69 Å². The predicted molar refractivity (Wildman–Crippen MR) is 89.9 cm³/mol. The predicted octanol–water partition coefficient (Wildman–Crippen LogP) is 3.51. The van der Waals surface area contributed by atoms with Crippen LogP contribution in [0, 0.1) is 0 Å². The van der Waals surface area contributed by atoms with Crippen molar-refractivity contribution < 1.29 is 13.3 Å². The second-order valence-corrected chi connectivity index (χ2v) is 6.42. The summed E-state index contributed by atoms with van der Waals surface area (Å²) in [5.41, 5.74) is 0.295. The molecule has 1 fully saturated rings. The van der Waals surface area contributed by atoms with Gasteiger partial charge in [-0.3, -0.25) is 0 Å². The highest BCUT2D eigenvalue weighted by Crippen LogP contribution is 2.33. The van der Waals surface area contributed by atoms with Crippen molar-refractivity contribution in [2.75, 3.05) is 13.1 Å². The van der Waals surface area contributed by atoms with Gasteiger partial charge >= 0.3 is 0 Å². The van der Waals surface area contributed by atoms with Crippen molar-refractivity contribution in [2.45, 2.75) is 25.3 Å². The van der Waals surface area contributed by atoms with Gasteiger partial charge in [0.05, 0.1) is 6.04 Å². The maximum atomic E-state index is 13.7. The molecule has 4 rings (SSSR count). The van der Waals surface area contributed by atoms with Gasteiger partial charge in [0.25, 0.3) is 12.3 Å². The molecule has 0 bridgehead atoms. The van der Waals surface area contributed by atoms with Gasteiger partial charge in [-0.25, -0.2) is 13.5 Å². The summed E-state index contributed by atoms with van der Waals surface area (Å²) in [6.45, 7) is 1.51. The van der Waals surface area contributed by atoms with Crippen LogP contribution in [-0.4, -0.2) is 38.2 Å². The lowest BCUT2D eigenvalue weighted by Crippen LogP contribution is -2.30. The van der Waals surface area contributed by atoms with Crippen LogP contribution in [0.2, 0.25) is 5.02 Å². The fraction of sp³-hybridized carbons (Fsp3) is 0.375. The molecule has 1 saturated heterocycles. The molecule has 1 aliphatic rings. The van der Waals surface area contributed by atoms with Crippen LogP contribution < -0.4 is 5.32 Å². The van der Waals surface area contributed by atoms with Crippen molar-refractivity contribution in [2.24, 2.45) is 0 Å². The summed E-state index contributed by atoms with van der Waals surface area (Å²) in [4.78, 5) is 4.20. The zero-order chi connectivity index (χ0) is 18.1. The number of piperidine rings is 1. The largest absolute Gasteiger partial charge is 0.332 e. The summed E-state index contributed by atoms with van der Waals surface area (Å²) in [6.07, 6.45) is -1.33. The van der Waals surface area contributed by atoms with E-state index in [-0.39, 0.29) is 29.1 Å². The second kappa shape index (κ2) is 7.08. The Morgan fingerprint density at radius 2 is 1.92 bits per heavy atom. The molecule has 0 unspecified atom stereocenters. The molecule has 2 aromatic heterocycles. The molecule has 0 spiro atoms. The van der Waals surface area contributed by atoms with Crippen molar-refractivity contribution in [1.29, 1.82) is 0 Å². The molecule has 3 aromatic rings. The summed E-state index contributed by atoms with van der Waals surface area (Å²) < 4.78 is 33.9. The second-order valence-electron chi connectivity index (χ2n) is 5.98. The minimum absolute atomic E-state index is 0.0775. The fourth-order valence-corrected chi connectivity index (χ4v) is 3.14. The third kappa shape index (κ3) is 3.19. The minimum Gasteiger partial charge on any atom is -0.332 e. The zero-order valence-corrected chi connectivity index (χ0v) is 14.3. The molecule has 0 aliphatic carbocycles. The van der Waals surface area contributed by atoms with Crippen LogP contribution in [-0.2, 0) is 0 Å². The van der Waals surface area contributed by atoms with Crippen LogP contribution >= 0.6 is 11.6 Å².